The Morgan fingerprint density at radius 1 is 1.38 bits per heavy atom. The second kappa shape index (κ2) is 6.86. The number of nitrogens with zero attached hydrogens (tertiary/aromatic N) is 2. The quantitative estimate of drug-likeness (QED) is 0.616. The molecule has 118 valence electrons. The minimum atomic E-state index is -3.72. The highest BCUT2D eigenvalue weighted by molar-refractivity contribution is 7.89. The third-order valence-electron chi connectivity index (χ3n) is 3.27. The Kier molecular flexibility index (Phi) is 5.68. The first-order chi connectivity index (χ1) is 9.75. The molecule has 1 aromatic rings. The molecule has 0 spiro atoms. The SMILES string of the molecule is CCCCN(C)S(=O)(=O)c1cc([N+](=O)[O-])c(NC)cc1C. The molecule has 0 radical (unpaired) electrons. The summed E-state index contributed by atoms with van der Waals surface area (Å²) in [5.41, 5.74) is 0.534. The fraction of sp³-hybridized carbons (Fsp3) is 0.538. The van der Waals surface area contributed by atoms with Gasteiger partial charge in [0, 0.05) is 26.7 Å². The van der Waals surface area contributed by atoms with E-state index in [0.29, 0.717) is 17.8 Å². The van der Waals surface area contributed by atoms with Crippen molar-refractivity contribution in [2.45, 2.75) is 31.6 Å². The summed E-state index contributed by atoms with van der Waals surface area (Å²) in [7, 11) is -0.675. The molecule has 0 fully saturated rings. The molecule has 7 nitrogen and oxygen atoms in total. The maximum Gasteiger partial charge on any atom is 0.293 e. The predicted octanol–water partition coefficient (Wildman–Crippen LogP) is 2.37. The molecule has 0 aromatic heterocycles. The number of anilines is 1. The first-order valence-electron chi connectivity index (χ1n) is 6.68. The molecular weight excluding hydrogens is 294 g/mol. The summed E-state index contributed by atoms with van der Waals surface area (Å²) in [6, 6.07) is 2.61. The Morgan fingerprint density at radius 2 is 2.00 bits per heavy atom. The van der Waals surface area contributed by atoms with Gasteiger partial charge in [-0.1, -0.05) is 13.3 Å². The summed E-state index contributed by atoms with van der Waals surface area (Å²) in [6.07, 6.45) is 1.61. The van der Waals surface area contributed by atoms with Crippen molar-refractivity contribution in [2.75, 3.05) is 26.0 Å². The van der Waals surface area contributed by atoms with Gasteiger partial charge in [0.15, 0.2) is 0 Å². The zero-order chi connectivity index (χ0) is 16.2. The zero-order valence-corrected chi connectivity index (χ0v) is 13.5. The number of sulfonamides is 1. The van der Waals surface area contributed by atoms with E-state index in [1.165, 1.54) is 17.4 Å². The number of hydrogen-bond acceptors (Lipinski definition) is 5. The van der Waals surface area contributed by atoms with Crippen molar-refractivity contribution in [2.24, 2.45) is 0 Å². The first kappa shape index (κ1) is 17.4. The second-order valence-electron chi connectivity index (χ2n) is 4.82. The lowest BCUT2D eigenvalue weighted by molar-refractivity contribution is -0.384. The van der Waals surface area contributed by atoms with Crippen molar-refractivity contribution < 1.29 is 13.3 Å². The van der Waals surface area contributed by atoms with E-state index in [-0.39, 0.29) is 10.6 Å². The van der Waals surface area contributed by atoms with Gasteiger partial charge in [-0.05, 0) is 25.0 Å². The van der Waals surface area contributed by atoms with E-state index in [9.17, 15) is 18.5 Å². The number of nitro benzene ring substituents is 1. The van der Waals surface area contributed by atoms with Crippen LogP contribution in [-0.4, -0.2) is 38.3 Å². The van der Waals surface area contributed by atoms with Gasteiger partial charge in [0.2, 0.25) is 10.0 Å². The number of nitrogens with one attached hydrogen (secondary N) is 1. The van der Waals surface area contributed by atoms with Gasteiger partial charge in [0.25, 0.3) is 5.69 Å². The molecule has 21 heavy (non-hydrogen) atoms. The Bertz CT molecular complexity index is 629. The topological polar surface area (TPSA) is 92.5 Å². The molecule has 1 N–H and O–H groups in total. The van der Waals surface area contributed by atoms with Crippen molar-refractivity contribution in [1.82, 2.24) is 4.31 Å². The number of benzene rings is 1. The van der Waals surface area contributed by atoms with Gasteiger partial charge in [0.1, 0.15) is 5.69 Å². The van der Waals surface area contributed by atoms with E-state index in [1.807, 2.05) is 6.92 Å². The molecule has 0 aliphatic heterocycles. The zero-order valence-electron chi connectivity index (χ0n) is 12.7. The van der Waals surface area contributed by atoms with Crippen molar-refractivity contribution in [3.63, 3.8) is 0 Å². The van der Waals surface area contributed by atoms with Gasteiger partial charge >= 0.3 is 0 Å². The van der Waals surface area contributed by atoms with E-state index in [4.69, 9.17) is 0 Å². The monoisotopic (exact) mass is 315 g/mol. The van der Waals surface area contributed by atoms with Crippen molar-refractivity contribution >= 4 is 21.4 Å². The third-order valence-corrected chi connectivity index (χ3v) is 5.27. The van der Waals surface area contributed by atoms with Crippen LogP contribution in [0.5, 0.6) is 0 Å². The number of aryl methyl sites for hydroxylation is 1. The maximum absolute atomic E-state index is 12.5. The normalized spacial score (nSPS) is 11.7. The minimum Gasteiger partial charge on any atom is -0.383 e. The number of hydrogen-bond donors (Lipinski definition) is 1. The average molecular weight is 315 g/mol. The van der Waals surface area contributed by atoms with Crippen LogP contribution in [0.1, 0.15) is 25.3 Å². The number of rotatable bonds is 7. The Hall–Kier alpha value is -1.67. The highest BCUT2D eigenvalue weighted by Crippen LogP contribution is 2.31. The van der Waals surface area contributed by atoms with E-state index >= 15 is 0 Å². The molecule has 1 aromatic carbocycles. The van der Waals surface area contributed by atoms with Gasteiger partial charge in [-0.2, -0.15) is 0 Å². The second-order valence-corrected chi connectivity index (χ2v) is 6.84. The fourth-order valence-corrected chi connectivity index (χ4v) is 3.41. The van der Waals surface area contributed by atoms with Gasteiger partial charge in [-0.25, -0.2) is 12.7 Å². The van der Waals surface area contributed by atoms with Crippen LogP contribution < -0.4 is 5.32 Å². The summed E-state index contributed by atoms with van der Waals surface area (Å²) in [5.74, 6) is 0. The van der Waals surface area contributed by atoms with Gasteiger partial charge in [0.05, 0.1) is 9.82 Å². The molecule has 0 heterocycles. The fourth-order valence-electron chi connectivity index (χ4n) is 1.98. The van der Waals surface area contributed by atoms with Crippen LogP contribution in [0, 0.1) is 17.0 Å². The first-order valence-corrected chi connectivity index (χ1v) is 8.12. The molecule has 0 aliphatic carbocycles. The average Bonchev–Trinajstić information content (AvgIpc) is 2.43. The largest absolute Gasteiger partial charge is 0.383 e. The van der Waals surface area contributed by atoms with E-state index in [0.717, 1.165) is 18.9 Å². The number of unbranched alkanes of at least 4 members (excludes halogenated alkanes) is 1. The smallest absolute Gasteiger partial charge is 0.293 e. The lowest BCUT2D eigenvalue weighted by Crippen LogP contribution is -2.28. The van der Waals surface area contributed by atoms with E-state index in [1.54, 1.807) is 14.0 Å². The van der Waals surface area contributed by atoms with Crippen molar-refractivity contribution in [3.8, 4) is 0 Å². The third kappa shape index (κ3) is 3.70. The minimum absolute atomic E-state index is 0.0215. The van der Waals surface area contributed by atoms with Crippen LogP contribution in [0.2, 0.25) is 0 Å². The van der Waals surface area contributed by atoms with Crippen LogP contribution in [0.4, 0.5) is 11.4 Å². The van der Waals surface area contributed by atoms with Crippen LogP contribution in [0.25, 0.3) is 0 Å². The summed E-state index contributed by atoms with van der Waals surface area (Å²) in [6.45, 7) is 3.99. The molecule has 0 unspecified atom stereocenters. The van der Waals surface area contributed by atoms with Gasteiger partial charge < -0.3 is 5.32 Å². The molecule has 0 saturated carbocycles. The predicted molar refractivity (Wildman–Crippen MR) is 82.1 cm³/mol. The Balaban J connectivity index is 3.36. The van der Waals surface area contributed by atoms with Crippen LogP contribution in [0.15, 0.2) is 17.0 Å². The van der Waals surface area contributed by atoms with Crippen molar-refractivity contribution in [1.29, 1.82) is 0 Å². The molecule has 0 bridgehead atoms. The molecule has 0 aliphatic rings. The summed E-state index contributed by atoms with van der Waals surface area (Å²) in [4.78, 5) is 10.5. The summed E-state index contributed by atoms with van der Waals surface area (Å²) in [5, 5.41) is 13.8. The van der Waals surface area contributed by atoms with Crippen LogP contribution in [-0.2, 0) is 10.0 Å². The molecular formula is C13H21N3O4S. The summed E-state index contributed by atoms with van der Waals surface area (Å²) < 4.78 is 26.3. The van der Waals surface area contributed by atoms with Gasteiger partial charge in [-0.3, -0.25) is 10.1 Å². The lowest BCUT2D eigenvalue weighted by Gasteiger charge is -2.18. The molecule has 0 saturated heterocycles. The Labute approximate surface area is 125 Å². The van der Waals surface area contributed by atoms with E-state index in [2.05, 4.69) is 5.32 Å². The summed E-state index contributed by atoms with van der Waals surface area (Å²) >= 11 is 0. The molecule has 8 heteroatoms. The van der Waals surface area contributed by atoms with Crippen LogP contribution >= 0.6 is 0 Å². The van der Waals surface area contributed by atoms with Crippen LogP contribution in [0.3, 0.4) is 0 Å². The number of nitro groups is 1. The van der Waals surface area contributed by atoms with Gasteiger partial charge in [-0.15, -0.1) is 0 Å². The molecule has 1 rings (SSSR count). The standard InChI is InChI=1S/C13H21N3O4S/c1-5-6-7-15(4)21(19,20)13-9-12(16(17)18)11(14-3)8-10(13)2/h8-9,14H,5-7H2,1-4H3. The van der Waals surface area contributed by atoms with Crippen molar-refractivity contribution in [3.05, 3.63) is 27.8 Å². The molecule has 0 atom stereocenters. The highest BCUT2D eigenvalue weighted by Gasteiger charge is 2.26. The molecule has 0 amide bonds. The lowest BCUT2D eigenvalue weighted by atomic mass is 10.2. The van der Waals surface area contributed by atoms with E-state index < -0.39 is 14.9 Å². The maximum atomic E-state index is 12.5. The highest BCUT2D eigenvalue weighted by atomic mass is 32.2. The Morgan fingerprint density at radius 3 is 2.48 bits per heavy atom.